The zero-order valence-electron chi connectivity index (χ0n) is 18.6. The number of ether oxygens (including phenoxy) is 1. The number of carboxylic acid groups (broad SMARTS) is 1. The summed E-state index contributed by atoms with van der Waals surface area (Å²) in [5.74, 6) is 2.58. The Morgan fingerprint density at radius 1 is 1.17 bits per heavy atom. The molecule has 0 spiro atoms. The molecule has 2 rings (SSSR count). The fourth-order valence-corrected chi connectivity index (χ4v) is 5.91. The van der Waals surface area contributed by atoms with Gasteiger partial charge in [0.1, 0.15) is 0 Å². The maximum Gasteiger partial charge on any atom is 0.303 e. The second kappa shape index (κ2) is 12.4. The van der Waals surface area contributed by atoms with Crippen LogP contribution in [0.3, 0.4) is 0 Å². The second-order valence-electron chi connectivity index (χ2n) is 9.59. The van der Waals surface area contributed by atoms with Crippen LogP contribution in [0.2, 0.25) is 0 Å². The first-order valence-electron chi connectivity index (χ1n) is 11.7. The molecule has 0 saturated carbocycles. The number of aliphatic hydroxyl groups is 1. The van der Waals surface area contributed by atoms with Crippen LogP contribution >= 0.6 is 11.8 Å². The SMILES string of the molecule is CCCCC(C)(C)C(O)C=C[C@H]1[C@@H](CSCCCCCCC(=O)O)[C@H]2CC[C@@H]1O2. The van der Waals surface area contributed by atoms with E-state index in [-0.39, 0.29) is 5.41 Å². The van der Waals surface area contributed by atoms with Crippen molar-refractivity contribution in [1.82, 2.24) is 0 Å². The van der Waals surface area contributed by atoms with E-state index in [1.165, 1.54) is 12.8 Å². The zero-order valence-corrected chi connectivity index (χ0v) is 19.5. The van der Waals surface area contributed by atoms with Gasteiger partial charge < -0.3 is 14.9 Å². The number of unbranched alkanes of at least 4 members (excludes halogenated alkanes) is 4. The summed E-state index contributed by atoms with van der Waals surface area (Å²) in [4.78, 5) is 10.5. The third kappa shape index (κ3) is 7.91. The van der Waals surface area contributed by atoms with Gasteiger partial charge in [-0.1, -0.05) is 58.6 Å². The van der Waals surface area contributed by atoms with Gasteiger partial charge in [-0.15, -0.1) is 0 Å². The van der Waals surface area contributed by atoms with Crippen molar-refractivity contribution < 1.29 is 19.7 Å². The van der Waals surface area contributed by atoms with Crippen LogP contribution in [0.15, 0.2) is 12.2 Å². The van der Waals surface area contributed by atoms with Gasteiger partial charge >= 0.3 is 5.97 Å². The number of carbonyl (C=O) groups is 1. The Morgan fingerprint density at radius 2 is 1.90 bits per heavy atom. The molecule has 5 atom stereocenters. The predicted molar refractivity (Wildman–Crippen MR) is 121 cm³/mol. The molecule has 1 unspecified atom stereocenters. The van der Waals surface area contributed by atoms with Crippen molar-refractivity contribution in [2.75, 3.05) is 11.5 Å². The number of hydrogen-bond acceptors (Lipinski definition) is 4. The average molecular weight is 427 g/mol. The van der Waals surface area contributed by atoms with Crippen LogP contribution in [0.5, 0.6) is 0 Å². The first-order valence-corrected chi connectivity index (χ1v) is 12.8. The van der Waals surface area contributed by atoms with E-state index in [1.54, 1.807) is 0 Å². The van der Waals surface area contributed by atoms with Gasteiger partial charge in [0, 0.05) is 18.3 Å². The van der Waals surface area contributed by atoms with E-state index in [4.69, 9.17) is 9.84 Å². The van der Waals surface area contributed by atoms with E-state index in [0.717, 1.165) is 56.5 Å². The molecule has 5 heteroatoms. The molecule has 2 heterocycles. The molecule has 0 aliphatic carbocycles. The van der Waals surface area contributed by atoms with Crippen LogP contribution in [0, 0.1) is 17.3 Å². The normalized spacial score (nSPS) is 27.7. The van der Waals surface area contributed by atoms with Gasteiger partial charge in [-0.25, -0.2) is 0 Å². The van der Waals surface area contributed by atoms with Crippen molar-refractivity contribution in [2.45, 2.75) is 103 Å². The highest BCUT2D eigenvalue weighted by Gasteiger charge is 2.47. The summed E-state index contributed by atoms with van der Waals surface area (Å²) in [7, 11) is 0. The molecule has 0 radical (unpaired) electrons. The molecule has 168 valence electrons. The summed E-state index contributed by atoms with van der Waals surface area (Å²) in [6, 6.07) is 0. The molecule has 2 aliphatic rings. The minimum absolute atomic E-state index is 0.0735. The number of rotatable bonds is 15. The van der Waals surface area contributed by atoms with Crippen molar-refractivity contribution in [3.8, 4) is 0 Å². The van der Waals surface area contributed by atoms with Crippen molar-refractivity contribution in [1.29, 1.82) is 0 Å². The Hall–Kier alpha value is -0.520. The molecular formula is C24H42O4S. The molecule has 0 amide bonds. The Bertz CT molecular complexity index is 519. The van der Waals surface area contributed by atoms with Crippen LogP contribution in [0.25, 0.3) is 0 Å². The minimum atomic E-state index is -0.686. The van der Waals surface area contributed by atoms with Crippen molar-refractivity contribution in [3.63, 3.8) is 0 Å². The summed E-state index contributed by atoms with van der Waals surface area (Å²) in [5, 5.41) is 19.4. The predicted octanol–water partition coefficient (Wildman–Crippen LogP) is 5.68. The number of aliphatic hydroxyl groups excluding tert-OH is 1. The van der Waals surface area contributed by atoms with Crippen molar-refractivity contribution >= 4 is 17.7 Å². The summed E-state index contributed by atoms with van der Waals surface area (Å²) < 4.78 is 6.21. The fraction of sp³-hybridized carbons (Fsp3) is 0.875. The van der Waals surface area contributed by atoms with Crippen LogP contribution in [0.4, 0.5) is 0 Å². The first-order chi connectivity index (χ1) is 13.8. The summed E-state index contributed by atoms with van der Waals surface area (Å²) >= 11 is 2.02. The molecule has 0 aromatic carbocycles. The summed E-state index contributed by atoms with van der Waals surface area (Å²) in [6.45, 7) is 6.53. The standard InChI is InChI=1S/C24H42O4S/c1-4-5-15-24(2,3)22(25)14-11-18-19(21-13-12-20(18)28-21)17-29-16-9-7-6-8-10-23(26)27/h11,14,18-22,25H,4-10,12-13,15-17H2,1-3H3,(H,26,27)/t18-,19+,20-,21+,22?/m0/s1. The van der Waals surface area contributed by atoms with Crippen LogP contribution < -0.4 is 0 Å². The Labute approximate surface area is 181 Å². The van der Waals surface area contributed by atoms with E-state index < -0.39 is 12.1 Å². The molecule has 2 aliphatic heterocycles. The summed E-state index contributed by atoms with van der Waals surface area (Å²) in [5.41, 5.74) is -0.0735. The molecule has 2 N–H and O–H groups in total. The molecular weight excluding hydrogens is 384 g/mol. The number of hydrogen-bond donors (Lipinski definition) is 2. The van der Waals surface area contributed by atoms with Gasteiger partial charge in [0.2, 0.25) is 0 Å². The van der Waals surface area contributed by atoms with Gasteiger partial charge in [-0.05, 0) is 49.0 Å². The smallest absolute Gasteiger partial charge is 0.303 e. The lowest BCUT2D eigenvalue weighted by Gasteiger charge is -2.30. The zero-order chi connectivity index (χ0) is 21.3. The topological polar surface area (TPSA) is 66.8 Å². The Balaban J connectivity index is 1.74. The van der Waals surface area contributed by atoms with E-state index in [0.29, 0.717) is 30.5 Å². The van der Waals surface area contributed by atoms with Gasteiger partial charge in [0.25, 0.3) is 0 Å². The van der Waals surface area contributed by atoms with Crippen LogP contribution in [0.1, 0.15) is 85.0 Å². The maximum atomic E-state index is 10.7. The lowest BCUT2D eigenvalue weighted by Crippen LogP contribution is -2.30. The Kier molecular flexibility index (Phi) is 10.5. The molecule has 2 fully saturated rings. The fourth-order valence-electron chi connectivity index (χ4n) is 4.62. The summed E-state index contributed by atoms with van der Waals surface area (Å²) in [6.07, 6.45) is 14.7. The highest BCUT2D eigenvalue weighted by molar-refractivity contribution is 7.99. The third-order valence-corrected chi connectivity index (χ3v) is 7.92. The number of thioether (sulfide) groups is 1. The van der Waals surface area contributed by atoms with Crippen LogP contribution in [-0.4, -0.2) is 46.0 Å². The highest BCUT2D eigenvalue weighted by atomic mass is 32.2. The third-order valence-electron chi connectivity index (χ3n) is 6.72. The first kappa shape index (κ1) is 24.7. The lowest BCUT2D eigenvalue weighted by molar-refractivity contribution is -0.137. The van der Waals surface area contributed by atoms with E-state index in [9.17, 15) is 9.90 Å². The number of carboxylic acids is 1. The molecule has 4 nitrogen and oxygen atoms in total. The number of aliphatic carboxylic acids is 1. The largest absolute Gasteiger partial charge is 0.481 e. The van der Waals surface area contributed by atoms with Gasteiger partial charge in [-0.2, -0.15) is 11.8 Å². The van der Waals surface area contributed by atoms with Gasteiger partial charge in [0.05, 0.1) is 18.3 Å². The van der Waals surface area contributed by atoms with Crippen molar-refractivity contribution in [2.24, 2.45) is 17.3 Å². The lowest BCUT2D eigenvalue weighted by atomic mass is 9.78. The van der Waals surface area contributed by atoms with Gasteiger partial charge in [-0.3, -0.25) is 4.79 Å². The van der Waals surface area contributed by atoms with E-state index >= 15 is 0 Å². The van der Waals surface area contributed by atoms with Crippen molar-refractivity contribution in [3.05, 3.63) is 12.2 Å². The minimum Gasteiger partial charge on any atom is -0.481 e. The quantitative estimate of drug-likeness (QED) is 0.260. The second-order valence-corrected chi connectivity index (χ2v) is 10.7. The average Bonchev–Trinajstić information content (AvgIpc) is 3.28. The Morgan fingerprint density at radius 3 is 2.62 bits per heavy atom. The van der Waals surface area contributed by atoms with E-state index in [1.807, 2.05) is 17.8 Å². The van der Waals surface area contributed by atoms with E-state index in [2.05, 4.69) is 26.8 Å². The van der Waals surface area contributed by atoms with Gasteiger partial charge in [0.15, 0.2) is 0 Å². The molecule has 0 aromatic rings. The molecule has 2 saturated heterocycles. The molecule has 2 bridgehead atoms. The number of fused-ring (bicyclic) bond motifs is 2. The van der Waals surface area contributed by atoms with Crippen LogP contribution in [-0.2, 0) is 9.53 Å². The molecule has 0 aromatic heterocycles. The highest BCUT2D eigenvalue weighted by Crippen LogP contribution is 2.45. The maximum absolute atomic E-state index is 10.7. The monoisotopic (exact) mass is 426 g/mol. The molecule has 29 heavy (non-hydrogen) atoms.